The van der Waals surface area contributed by atoms with E-state index in [9.17, 15) is 4.79 Å². The number of hydrogen-bond donors (Lipinski definition) is 2. The zero-order valence-electron chi connectivity index (χ0n) is 11.0. The first kappa shape index (κ1) is 12.2. The normalized spacial score (nSPS) is 22.8. The molecule has 0 aliphatic heterocycles. The molecule has 0 saturated heterocycles. The van der Waals surface area contributed by atoms with Gasteiger partial charge in [0.2, 0.25) is 0 Å². The van der Waals surface area contributed by atoms with Crippen LogP contribution in [0.4, 0.5) is 0 Å². The third-order valence-electron chi connectivity index (χ3n) is 3.88. The first-order valence-corrected chi connectivity index (χ1v) is 6.67. The summed E-state index contributed by atoms with van der Waals surface area (Å²) in [7, 11) is 1.73. The van der Waals surface area contributed by atoms with E-state index in [-0.39, 0.29) is 18.1 Å². The van der Waals surface area contributed by atoms with E-state index < -0.39 is 0 Å². The average Bonchev–Trinajstić information content (AvgIpc) is 3.05. The molecule has 0 bridgehead atoms. The number of benzene rings is 1. The number of carbonyl (C=O) groups excluding carboxylic acids is 1. The summed E-state index contributed by atoms with van der Waals surface area (Å²) in [6.07, 6.45) is 5.06. The number of rotatable bonds is 3. The van der Waals surface area contributed by atoms with Crippen LogP contribution < -0.4 is 5.32 Å². The van der Waals surface area contributed by atoms with E-state index in [0.717, 1.165) is 30.2 Å². The maximum Gasteiger partial charge on any atom is 0.253 e. The van der Waals surface area contributed by atoms with Crippen LogP contribution in [-0.2, 0) is 4.74 Å². The summed E-state index contributed by atoms with van der Waals surface area (Å²) in [5.74, 6) is -0.00481. The molecular formula is C15H18N2O2. The quantitative estimate of drug-likeness (QED) is 0.888. The van der Waals surface area contributed by atoms with Crippen LogP contribution in [0.2, 0.25) is 0 Å². The molecule has 1 saturated carbocycles. The molecule has 2 aromatic rings. The van der Waals surface area contributed by atoms with Crippen LogP contribution in [0.5, 0.6) is 0 Å². The molecule has 2 N–H and O–H groups in total. The van der Waals surface area contributed by atoms with E-state index in [0.29, 0.717) is 5.56 Å². The number of methoxy groups -OCH3 is 1. The van der Waals surface area contributed by atoms with Crippen LogP contribution in [0.1, 0.15) is 29.6 Å². The summed E-state index contributed by atoms with van der Waals surface area (Å²) in [4.78, 5) is 15.5. The fourth-order valence-electron chi connectivity index (χ4n) is 2.82. The SMILES string of the molecule is COC1CCC(NC(=O)c2cccc3cc[nH]c23)C1. The zero-order chi connectivity index (χ0) is 13.2. The lowest BCUT2D eigenvalue weighted by Crippen LogP contribution is -2.33. The highest BCUT2D eigenvalue weighted by Gasteiger charge is 2.26. The van der Waals surface area contributed by atoms with Gasteiger partial charge >= 0.3 is 0 Å². The molecule has 19 heavy (non-hydrogen) atoms. The molecule has 1 aromatic heterocycles. The number of aromatic amines is 1. The van der Waals surface area contributed by atoms with Gasteiger partial charge in [-0.2, -0.15) is 0 Å². The maximum absolute atomic E-state index is 12.3. The highest BCUT2D eigenvalue weighted by Crippen LogP contribution is 2.23. The molecule has 1 amide bonds. The number of carbonyl (C=O) groups is 1. The molecule has 0 radical (unpaired) electrons. The van der Waals surface area contributed by atoms with Crippen molar-refractivity contribution in [2.75, 3.05) is 7.11 Å². The number of amides is 1. The molecule has 1 heterocycles. The standard InChI is InChI=1S/C15H18N2O2/c1-19-12-6-5-11(9-12)17-15(18)13-4-2-3-10-7-8-16-14(10)13/h2-4,7-8,11-12,16H,5-6,9H2,1H3,(H,17,18). The van der Waals surface area contributed by atoms with Crippen LogP contribution in [0, 0.1) is 0 Å². The number of aromatic nitrogens is 1. The Bertz CT molecular complexity index is 591. The highest BCUT2D eigenvalue weighted by molar-refractivity contribution is 6.05. The Morgan fingerprint density at radius 3 is 3.05 bits per heavy atom. The topological polar surface area (TPSA) is 54.1 Å². The molecule has 1 aliphatic carbocycles. The first-order chi connectivity index (χ1) is 9.28. The molecule has 0 spiro atoms. The van der Waals surface area contributed by atoms with Gasteiger partial charge in [-0.1, -0.05) is 12.1 Å². The first-order valence-electron chi connectivity index (χ1n) is 6.67. The number of H-pyrrole nitrogens is 1. The van der Waals surface area contributed by atoms with Crippen molar-refractivity contribution < 1.29 is 9.53 Å². The van der Waals surface area contributed by atoms with Gasteiger partial charge in [-0.05, 0) is 31.4 Å². The number of nitrogens with one attached hydrogen (secondary N) is 2. The smallest absolute Gasteiger partial charge is 0.253 e. The van der Waals surface area contributed by atoms with E-state index >= 15 is 0 Å². The molecule has 2 atom stereocenters. The van der Waals surface area contributed by atoms with Crippen LogP contribution in [0.3, 0.4) is 0 Å². The lowest BCUT2D eigenvalue weighted by molar-refractivity contribution is 0.0916. The van der Waals surface area contributed by atoms with Crippen molar-refractivity contribution in [3.8, 4) is 0 Å². The predicted molar refractivity (Wildman–Crippen MR) is 74.2 cm³/mol. The maximum atomic E-state index is 12.3. The summed E-state index contributed by atoms with van der Waals surface area (Å²) in [5.41, 5.74) is 1.62. The third kappa shape index (κ3) is 2.36. The molecule has 1 fully saturated rings. The lowest BCUT2D eigenvalue weighted by atomic mass is 10.1. The van der Waals surface area contributed by atoms with Gasteiger partial charge < -0.3 is 15.0 Å². The Labute approximate surface area is 112 Å². The summed E-state index contributed by atoms with van der Waals surface area (Å²) in [5, 5.41) is 4.17. The van der Waals surface area contributed by atoms with Gasteiger partial charge in [-0.15, -0.1) is 0 Å². The number of fused-ring (bicyclic) bond motifs is 1. The predicted octanol–water partition coefficient (Wildman–Crippen LogP) is 2.47. The summed E-state index contributed by atoms with van der Waals surface area (Å²) in [6, 6.07) is 7.97. The number of hydrogen-bond acceptors (Lipinski definition) is 2. The minimum absolute atomic E-state index is 0.00481. The van der Waals surface area contributed by atoms with Crippen molar-refractivity contribution in [2.45, 2.75) is 31.4 Å². The van der Waals surface area contributed by atoms with E-state index in [1.54, 1.807) is 7.11 Å². The van der Waals surface area contributed by atoms with Gasteiger partial charge in [-0.3, -0.25) is 4.79 Å². The van der Waals surface area contributed by atoms with Crippen molar-refractivity contribution >= 4 is 16.8 Å². The minimum Gasteiger partial charge on any atom is -0.381 e. The number of para-hydroxylation sites is 1. The average molecular weight is 258 g/mol. The lowest BCUT2D eigenvalue weighted by Gasteiger charge is -2.13. The van der Waals surface area contributed by atoms with Gasteiger partial charge in [0.05, 0.1) is 17.2 Å². The van der Waals surface area contributed by atoms with Crippen LogP contribution in [0.15, 0.2) is 30.5 Å². The summed E-state index contributed by atoms with van der Waals surface area (Å²) >= 11 is 0. The monoisotopic (exact) mass is 258 g/mol. The minimum atomic E-state index is -0.00481. The molecule has 4 nitrogen and oxygen atoms in total. The molecular weight excluding hydrogens is 240 g/mol. The fourth-order valence-corrected chi connectivity index (χ4v) is 2.82. The Morgan fingerprint density at radius 2 is 2.26 bits per heavy atom. The van der Waals surface area contributed by atoms with Crippen molar-refractivity contribution in [1.29, 1.82) is 0 Å². The van der Waals surface area contributed by atoms with Gasteiger partial charge in [0.25, 0.3) is 5.91 Å². The van der Waals surface area contributed by atoms with Crippen molar-refractivity contribution in [3.63, 3.8) is 0 Å². The third-order valence-corrected chi connectivity index (χ3v) is 3.88. The van der Waals surface area contributed by atoms with Crippen LogP contribution in [0.25, 0.3) is 10.9 Å². The Kier molecular flexibility index (Phi) is 3.25. The highest BCUT2D eigenvalue weighted by atomic mass is 16.5. The molecule has 3 rings (SSSR count). The van der Waals surface area contributed by atoms with Gasteiger partial charge in [-0.25, -0.2) is 0 Å². The fraction of sp³-hybridized carbons (Fsp3) is 0.400. The number of ether oxygens (including phenoxy) is 1. The van der Waals surface area contributed by atoms with Gasteiger partial charge in [0.1, 0.15) is 0 Å². The largest absolute Gasteiger partial charge is 0.381 e. The van der Waals surface area contributed by atoms with Crippen molar-refractivity contribution in [1.82, 2.24) is 10.3 Å². The van der Waals surface area contributed by atoms with Gasteiger partial charge in [0.15, 0.2) is 0 Å². The molecule has 1 aromatic carbocycles. The van der Waals surface area contributed by atoms with E-state index in [1.165, 1.54) is 0 Å². The van der Waals surface area contributed by atoms with E-state index in [4.69, 9.17) is 4.74 Å². The Hall–Kier alpha value is -1.81. The van der Waals surface area contributed by atoms with E-state index in [2.05, 4.69) is 10.3 Å². The molecule has 4 heteroatoms. The van der Waals surface area contributed by atoms with Gasteiger partial charge in [0, 0.05) is 24.7 Å². The summed E-state index contributed by atoms with van der Waals surface area (Å²) < 4.78 is 5.33. The second kappa shape index (κ2) is 5.05. The molecule has 100 valence electrons. The van der Waals surface area contributed by atoms with Crippen LogP contribution >= 0.6 is 0 Å². The Morgan fingerprint density at radius 1 is 1.37 bits per heavy atom. The molecule has 1 aliphatic rings. The molecule has 2 unspecified atom stereocenters. The Balaban J connectivity index is 1.76. The second-order valence-corrected chi connectivity index (χ2v) is 5.09. The van der Waals surface area contributed by atoms with Crippen molar-refractivity contribution in [3.05, 3.63) is 36.0 Å². The zero-order valence-corrected chi connectivity index (χ0v) is 11.0. The van der Waals surface area contributed by atoms with Crippen molar-refractivity contribution in [2.24, 2.45) is 0 Å². The second-order valence-electron chi connectivity index (χ2n) is 5.09. The van der Waals surface area contributed by atoms with Crippen LogP contribution in [-0.4, -0.2) is 30.1 Å². The summed E-state index contributed by atoms with van der Waals surface area (Å²) in [6.45, 7) is 0. The van der Waals surface area contributed by atoms with E-state index in [1.807, 2.05) is 30.5 Å².